The van der Waals surface area contributed by atoms with Gasteiger partial charge in [0.05, 0.1) is 0 Å². The summed E-state index contributed by atoms with van der Waals surface area (Å²) < 4.78 is 40.1. The number of halogens is 3. The number of benzene rings is 1. The van der Waals surface area contributed by atoms with Gasteiger partial charge in [0.1, 0.15) is 0 Å². The van der Waals surface area contributed by atoms with E-state index in [-0.39, 0.29) is 5.92 Å². The first-order valence-corrected chi connectivity index (χ1v) is 10.8. The Balaban J connectivity index is 1.39. The maximum absolute atomic E-state index is 13.5. The van der Waals surface area contributed by atoms with E-state index in [2.05, 4.69) is 19.1 Å². The number of allylic oxidation sites excluding steroid dienone is 2. The Morgan fingerprint density at radius 1 is 0.778 bits per heavy atom. The van der Waals surface area contributed by atoms with Crippen molar-refractivity contribution in [3.63, 3.8) is 0 Å². The SMILES string of the molecule is C/C=C/CC1CCC(CCC2CCC(c3cc(F)c(F)c(F)c3)CC2)CC1. The lowest BCUT2D eigenvalue weighted by Crippen LogP contribution is -2.17. The highest BCUT2D eigenvalue weighted by Crippen LogP contribution is 2.40. The molecule has 27 heavy (non-hydrogen) atoms. The second kappa shape index (κ2) is 9.80. The molecule has 0 N–H and O–H groups in total. The van der Waals surface area contributed by atoms with Gasteiger partial charge in [0.25, 0.3) is 0 Å². The van der Waals surface area contributed by atoms with Gasteiger partial charge in [0.15, 0.2) is 17.5 Å². The van der Waals surface area contributed by atoms with E-state index in [1.54, 1.807) is 0 Å². The highest BCUT2D eigenvalue weighted by Gasteiger charge is 2.26. The highest BCUT2D eigenvalue weighted by molar-refractivity contribution is 5.23. The molecule has 0 atom stereocenters. The van der Waals surface area contributed by atoms with Gasteiger partial charge in [0.2, 0.25) is 0 Å². The molecule has 3 rings (SSSR count). The summed E-state index contributed by atoms with van der Waals surface area (Å²) >= 11 is 0. The monoisotopic (exact) mass is 378 g/mol. The van der Waals surface area contributed by atoms with Crippen molar-refractivity contribution in [1.82, 2.24) is 0 Å². The van der Waals surface area contributed by atoms with Crippen LogP contribution >= 0.6 is 0 Å². The van der Waals surface area contributed by atoms with E-state index in [1.165, 1.54) is 57.1 Å². The summed E-state index contributed by atoms with van der Waals surface area (Å²) in [5, 5.41) is 0. The van der Waals surface area contributed by atoms with E-state index in [1.807, 2.05) is 0 Å². The van der Waals surface area contributed by atoms with Crippen LogP contribution in [0.4, 0.5) is 13.2 Å². The van der Waals surface area contributed by atoms with Gasteiger partial charge >= 0.3 is 0 Å². The molecule has 0 amide bonds. The van der Waals surface area contributed by atoms with Crippen molar-refractivity contribution in [2.24, 2.45) is 17.8 Å². The first kappa shape index (κ1) is 20.5. The molecule has 1 aromatic rings. The van der Waals surface area contributed by atoms with Crippen molar-refractivity contribution in [2.45, 2.75) is 83.5 Å². The maximum atomic E-state index is 13.5. The lowest BCUT2D eigenvalue weighted by molar-refractivity contribution is 0.231. The topological polar surface area (TPSA) is 0 Å². The van der Waals surface area contributed by atoms with Crippen molar-refractivity contribution in [1.29, 1.82) is 0 Å². The lowest BCUT2D eigenvalue weighted by Gasteiger charge is -2.32. The second-order valence-corrected chi connectivity index (χ2v) is 8.79. The van der Waals surface area contributed by atoms with E-state index in [4.69, 9.17) is 0 Å². The van der Waals surface area contributed by atoms with Gasteiger partial charge in [0, 0.05) is 0 Å². The zero-order chi connectivity index (χ0) is 19.2. The van der Waals surface area contributed by atoms with Crippen LogP contribution in [-0.2, 0) is 0 Å². The van der Waals surface area contributed by atoms with E-state index < -0.39 is 17.5 Å². The number of hydrogen-bond donors (Lipinski definition) is 0. The Labute approximate surface area is 162 Å². The normalized spacial score (nSPS) is 29.3. The number of rotatable bonds is 6. The summed E-state index contributed by atoms with van der Waals surface area (Å²) in [5.41, 5.74) is 0.629. The van der Waals surface area contributed by atoms with Gasteiger partial charge in [-0.2, -0.15) is 0 Å². The van der Waals surface area contributed by atoms with Gasteiger partial charge in [-0.05, 0) is 93.2 Å². The smallest absolute Gasteiger partial charge is 0.194 e. The van der Waals surface area contributed by atoms with E-state index in [0.29, 0.717) is 5.56 Å². The molecular formula is C24H33F3. The molecule has 150 valence electrons. The van der Waals surface area contributed by atoms with Crippen LogP contribution < -0.4 is 0 Å². The van der Waals surface area contributed by atoms with Gasteiger partial charge < -0.3 is 0 Å². The third-order valence-corrected chi connectivity index (χ3v) is 6.98. The Hall–Kier alpha value is -1.25. The average Bonchev–Trinajstić information content (AvgIpc) is 2.69. The Morgan fingerprint density at radius 2 is 1.26 bits per heavy atom. The molecule has 0 bridgehead atoms. The first-order valence-electron chi connectivity index (χ1n) is 10.8. The third-order valence-electron chi connectivity index (χ3n) is 6.98. The molecule has 0 heterocycles. The van der Waals surface area contributed by atoms with Crippen LogP contribution in [0, 0.1) is 35.2 Å². The van der Waals surface area contributed by atoms with Crippen LogP contribution in [0.3, 0.4) is 0 Å². The fourth-order valence-electron chi connectivity index (χ4n) is 5.15. The zero-order valence-corrected chi connectivity index (χ0v) is 16.5. The summed E-state index contributed by atoms with van der Waals surface area (Å²) in [6.45, 7) is 2.10. The summed E-state index contributed by atoms with van der Waals surface area (Å²) in [7, 11) is 0. The quantitative estimate of drug-likeness (QED) is 0.348. The summed E-state index contributed by atoms with van der Waals surface area (Å²) in [6, 6.07) is 2.38. The molecule has 0 nitrogen and oxygen atoms in total. The molecular weight excluding hydrogens is 345 g/mol. The molecule has 0 aromatic heterocycles. The van der Waals surface area contributed by atoms with E-state index in [9.17, 15) is 13.2 Å². The van der Waals surface area contributed by atoms with Gasteiger partial charge in [-0.15, -0.1) is 0 Å². The molecule has 0 aliphatic heterocycles. The van der Waals surface area contributed by atoms with Gasteiger partial charge in [-0.1, -0.05) is 37.8 Å². The van der Waals surface area contributed by atoms with Gasteiger partial charge in [-0.25, -0.2) is 13.2 Å². The predicted octanol–water partition coefficient (Wildman–Crippen LogP) is 7.93. The maximum Gasteiger partial charge on any atom is 0.194 e. The Kier molecular flexibility index (Phi) is 7.43. The minimum atomic E-state index is -1.35. The number of hydrogen-bond acceptors (Lipinski definition) is 0. The predicted molar refractivity (Wildman–Crippen MR) is 105 cm³/mol. The fraction of sp³-hybridized carbons (Fsp3) is 0.667. The van der Waals surface area contributed by atoms with Crippen molar-refractivity contribution in [3.05, 3.63) is 47.3 Å². The molecule has 3 heteroatoms. The van der Waals surface area contributed by atoms with Crippen molar-refractivity contribution < 1.29 is 13.2 Å². The van der Waals surface area contributed by atoms with Crippen molar-refractivity contribution >= 4 is 0 Å². The van der Waals surface area contributed by atoms with Crippen LogP contribution in [0.5, 0.6) is 0 Å². The fourth-order valence-corrected chi connectivity index (χ4v) is 5.15. The minimum Gasteiger partial charge on any atom is -0.204 e. The molecule has 2 aliphatic carbocycles. The van der Waals surface area contributed by atoms with Crippen LogP contribution in [0.2, 0.25) is 0 Å². The van der Waals surface area contributed by atoms with Crippen molar-refractivity contribution in [3.8, 4) is 0 Å². The van der Waals surface area contributed by atoms with Crippen LogP contribution in [0.25, 0.3) is 0 Å². The summed E-state index contributed by atoms with van der Waals surface area (Å²) in [5.74, 6) is -0.763. The summed E-state index contributed by atoms with van der Waals surface area (Å²) in [6.07, 6.45) is 18.1. The molecule has 0 spiro atoms. The Bertz CT molecular complexity index is 598. The minimum absolute atomic E-state index is 0.174. The standard InChI is InChI=1S/C24H33F3/c1-2-3-4-17-5-7-18(8-6-17)9-10-19-11-13-20(14-12-19)21-15-22(25)24(27)23(26)16-21/h2-3,15-20H,4-14H2,1H3/b3-2+. The zero-order valence-electron chi connectivity index (χ0n) is 16.5. The lowest BCUT2D eigenvalue weighted by atomic mass is 9.74. The molecule has 0 saturated heterocycles. The Morgan fingerprint density at radius 3 is 1.78 bits per heavy atom. The third kappa shape index (κ3) is 5.62. The first-order chi connectivity index (χ1) is 13.1. The van der Waals surface area contributed by atoms with Gasteiger partial charge in [-0.3, -0.25) is 0 Å². The molecule has 1 aromatic carbocycles. The average molecular weight is 379 g/mol. The van der Waals surface area contributed by atoms with Crippen molar-refractivity contribution in [2.75, 3.05) is 0 Å². The molecule has 2 saturated carbocycles. The summed E-state index contributed by atoms with van der Waals surface area (Å²) in [4.78, 5) is 0. The highest BCUT2D eigenvalue weighted by atomic mass is 19.2. The van der Waals surface area contributed by atoms with Crippen LogP contribution in [-0.4, -0.2) is 0 Å². The van der Waals surface area contributed by atoms with Crippen LogP contribution in [0.1, 0.15) is 89.0 Å². The second-order valence-electron chi connectivity index (χ2n) is 8.79. The van der Waals surface area contributed by atoms with Crippen LogP contribution in [0.15, 0.2) is 24.3 Å². The molecule has 0 unspecified atom stereocenters. The largest absolute Gasteiger partial charge is 0.204 e. The molecule has 0 radical (unpaired) electrons. The molecule has 2 fully saturated rings. The molecule has 2 aliphatic rings. The van der Waals surface area contributed by atoms with E-state index in [0.717, 1.165) is 43.4 Å². The van der Waals surface area contributed by atoms with E-state index >= 15 is 0 Å².